The summed E-state index contributed by atoms with van der Waals surface area (Å²) in [4.78, 5) is 23.4. The van der Waals surface area contributed by atoms with E-state index in [1.807, 2.05) is 26.0 Å². The van der Waals surface area contributed by atoms with Gasteiger partial charge in [0.2, 0.25) is 5.91 Å². The highest BCUT2D eigenvalue weighted by molar-refractivity contribution is 6.33. The summed E-state index contributed by atoms with van der Waals surface area (Å²) < 4.78 is 0. The van der Waals surface area contributed by atoms with Crippen molar-refractivity contribution < 1.29 is 9.59 Å². The van der Waals surface area contributed by atoms with Crippen LogP contribution in [0, 0.1) is 13.8 Å². The number of ketones is 1. The molecule has 0 aliphatic heterocycles. The molecule has 5 heteroatoms. The predicted molar refractivity (Wildman–Crippen MR) is 94.5 cm³/mol. The second-order valence-corrected chi connectivity index (χ2v) is 5.88. The van der Waals surface area contributed by atoms with E-state index in [4.69, 9.17) is 11.6 Å². The number of anilines is 2. The van der Waals surface area contributed by atoms with Crippen molar-refractivity contribution in [2.45, 2.75) is 20.8 Å². The quantitative estimate of drug-likeness (QED) is 0.807. The number of benzene rings is 2. The Balaban J connectivity index is 2.01. The van der Waals surface area contributed by atoms with Crippen molar-refractivity contribution in [2.75, 3.05) is 17.2 Å². The lowest BCUT2D eigenvalue weighted by atomic mass is 10.1. The van der Waals surface area contributed by atoms with Crippen LogP contribution in [0.3, 0.4) is 0 Å². The van der Waals surface area contributed by atoms with Crippen LogP contribution in [0.15, 0.2) is 36.4 Å². The summed E-state index contributed by atoms with van der Waals surface area (Å²) in [6.07, 6.45) is 0. The number of amides is 1. The molecule has 0 aliphatic carbocycles. The second-order valence-electron chi connectivity index (χ2n) is 5.48. The van der Waals surface area contributed by atoms with Crippen LogP contribution in [0.1, 0.15) is 28.4 Å². The number of carbonyl (C=O) groups excluding carboxylic acids is 2. The molecule has 0 saturated heterocycles. The first-order chi connectivity index (χ1) is 10.9. The van der Waals surface area contributed by atoms with Gasteiger partial charge >= 0.3 is 0 Å². The van der Waals surface area contributed by atoms with Crippen molar-refractivity contribution in [1.82, 2.24) is 0 Å². The Labute approximate surface area is 140 Å². The first kappa shape index (κ1) is 17.0. The third-order valence-corrected chi connectivity index (χ3v) is 3.71. The number of hydrogen-bond donors (Lipinski definition) is 2. The molecule has 0 radical (unpaired) electrons. The highest BCUT2D eigenvalue weighted by Crippen LogP contribution is 2.27. The summed E-state index contributed by atoms with van der Waals surface area (Å²) in [6.45, 7) is 5.49. The molecule has 2 aromatic rings. The number of Topliss-reactive ketones (excluding diaryl/α,β-unsaturated/α-hetero) is 1. The maximum atomic E-state index is 12.1. The van der Waals surface area contributed by atoms with Gasteiger partial charge in [0.15, 0.2) is 5.78 Å². The molecular formula is C18H19ClN2O2. The summed E-state index contributed by atoms with van der Waals surface area (Å²) in [5, 5.41) is 6.41. The minimum absolute atomic E-state index is 0.0405. The maximum absolute atomic E-state index is 12.1. The van der Waals surface area contributed by atoms with E-state index in [0.717, 1.165) is 16.8 Å². The first-order valence-corrected chi connectivity index (χ1v) is 7.66. The zero-order chi connectivity index (χ0) is 17.0. The van der Waals surface area contributed by atoms with E-state index in [-0.39, 0.29) is 18.2 Å². The molecule has 0 unspecified atom stereocenters. The van der Waals surface area contributed by atoms with Crippen LogP contribution in [-0.4, -0.2) is 18.2 Å². The van der Waals surface area contributed by atoms with Crippen LogP contribution in [0.4, 0.5) is 11.4 Å². The molecule has 4 nitrogen and oxygen atoms in total. The summed E-state index contributed by atoms with van der Waals surface area (Å²) in [6, 6.07) is 10.7. The molecule has 0 heterocycles. The van der Waals surface area contributed by atoms with E-state index in [1.165, 1.54) is 6.92 Å². The number of rotatable bonds is 5. The minimum Gasteiger partial charge on any atom is -0.375 e. The first-order valence-electron chi connectivity index (χ1n) is 7.28. The van der Waals surface area contributed by atoms with Gasteiger partial charge in [0.1, 0.15) is 0 Å². The highest BCUT2D eigenvalue weighted by Gasteiger charge is 2.08. The Morgan fingerprint density at radius 3 is 2.52 bits per heavy atom. The third-order valence-electron chi connectivity index (χ3n) is 3.41. The fraction of sp³-hybridized carbons (Fsp3) is 0.222. The molecule has 0 bridgehead atoms. The van der Waals surface area contributed by atoms with Gasteiger partial charge in [-0.3, -0.25) is 9.59 Å². The molecular weight excluding hydrogens is 312 g/mol. The zero-order valence-corrected chi connectivity index (χ0v) is 14.1. The molecule has 2 rings (SSSR count). The van der Waals surface area contributed by atoms with Crippen molar-refractivity contribution in [1.29, 1.82) is 0 Å². The van der Waals surface area contributed by atoms with Gasteiger partial charge in [-0.1, -0.05) is 29.8 Å². The van der Waals surface area contributed by atoms with Gasteiger partial charge in [0.25, 0.3) is 0 Å². The molecule has 23 heavy (non-hydrogen) atoms. The van der Waals surface area contributed by atoms with E-state index in [0.29, 0.717) is 16.3 Å². The van der Waals surface area contributed by atoms with Gasteiger partial charge in [0, 0.05) is 11.3 Å². The monoisotopic (exact) mass is 330 g/mol. The topological polar surface area (TPSA) is 58.2 Å². The predicted octanol–water partition coefficient (Wildman–Crippen LogP) is 4.21. The fourth-order valence-electron chi connectivity index (χ4n) is 2.33. The van der Waals surface area contributed by atoms with Crippen molar-refractivity contribution in [3.8, 4) is 0 Å². The van der Waals surface area contributed by atoms with Crippen LogP contribution >= 0.6 is 11.6 Å². The van der Waals surface area contributed by atoms with E-state index in [9.17, 15) is 9.59 Å². The van der Waals surface area contributed by atoms with Crippen LogP contribution in [-0.2, 0) is 4.79 Å². The van der Waals surface area contributed by atoms with Crippen molar-refractivity contribution in [3.05, 3.63) is 58.1 Å². The van der Waals surface area contributed by atoms with Gasteiger partial charge < -0.3 is 10.6 Å². The summed E-state index contributed by atoms with van der Waals surface area (Å²) in [5.41, 5.74) is 3.97. The normalized spacial score (nSPS) is 10.3. The number of carbonyl (C=O) groups is 2. The smallest absolute Gasteiger partial charge is 0.243 e. The van der Waals surface area contributed by atoms with Crippen LogP contribution < -0.4 is 10.6 Å². The molecule has 0 fully saturated rings. The highest BCUT2D eigenvalue weighted by atomic mass is 35.5. The summed E-state index contributed by atoms with van der Waals surface area (Å²) >= 11 is 6.20. The van der Waals surface area contributed by atoms with Crippen molar-refractivity contribution in [3.63, 3.8) is 0 Å². The Bertz CT molecular complexity index is 733. The van der Waals surface area contributed by atoms with E-state index in [2.05, 4.69) is 10.6 Å². The van der Waals surface area contributed by atoms with Gasteiger partial charge in [-0.2, -0.15) is 0 Å². The molecule has 120 valence electrons. The Morgan fingerprint density at radius 1 is 1.13 bits per heavy atom. The van der Waals surface area contributed by atoms with Gasteiger partial charge in [0.05, 0.1) is 17.3 Å². The largest absolute Gasteiger partial charge is 0.375 e. The van der Waals surface area contributed by atoms with Crippen LogP contribution in [0.5, 0.6) is 0 Å². The van der Waals surface area contributed by atoms with Gasteiger partial charge in [-0.15, -0.1) is 0 Å². The Hall–Kier alpha value is -2.33. The lowest BCUT2D eigenvalue weighted by molar-refractivity contribution is -0.114. The van der Waals surface area contributed by atoms with Crippen LogP contribution in [0.25, 0.3) is 0 Å². The molecule has 0 aliphatic rings. The number of halogens is 1. The molecule has 0 saturated carbocycles. The average Bonchev–Trinajstić information content (AvgIpc) is 2.46. The molecule has 2 aromatic carbocycles. The fourth-order valence-corrected chi connectivity index (χ4v) is 2.72. The average molecular weight is 331 g/mol. The van der Waals surface area contributed by atoms with Crippen molar-refractivity contribution in [2.24, 2.45) is 0 Å². The molecule has 0 spiro atoms. The lowest BCUT2D eigenvalue weighted by Gasteiger charge is -2.13. The van der Waals surface area contributed by atoms with E-state index in [1.54, 1.807) is 24.3 Å². The lowest BCUT2D eigenvalue weighted by Crippen LogP contribution is -2.22. The third kappa shape index (κ3) is 4.57. The summed E-state index contributed by atoms with van der Waals surface area (Å²) in [7, 11) is 0. The maximum Gasteiger partial charge on any atom is 0.243 e. The standard InChI is InChI=1S/C18H19ClN2O2/c1-11-7-12(2)18(16(19)8-11)20-10-17(23)21-15-6-4-5-14(9-15)13(3)22/h4-9,20H,10H2,1-3H3,(H,21,23). The molecule has 0 aromatic heterocycles. The molecule has 0 atom stereocenters. The second kappa shape index (κ2) is 7.29. The van der Waals surface area contributed by atoms with Crippen molar-refractivity contribution >= 4 is 34.7 Å². The summed E-state index contributed by atoms with van der Waals surface area (Å²) in [5.74, 6) is -0.247. The number of hydrogen-bond acceptors (Lipinski definition) is 3. The minimum atomic E-state index is -0.207. The van der Waals surface area contributed by atoms with Gasteiger partial charge in [-0.25, -0.2) is 0 Å². The molecule has 1 amide bonds. The zero-order valence-electron chi connectivity index (χ0n) is 13.4. The molecule has 2 N–H and O–H groups in total. The Kier molecular flexibility index (Phi) is 5.40. The number of aryl methyl sites for hydroxylation is 2. The van der Waals surface area contributed by atoms with Crippen LogP contribution in [0.2, 0.25) is 5.02 Å². The Morgan fingerprint density at radius 2 is 1.87 bits per heavy atom. The number of nitrogens with one attached hydrogen (secondary N) is 2. The van der Waals surface area contributed by atoms with E-state index >= 15 is 0 Å². The van der Waals surface area contributed by atoms with E-state index < -0.39 is 0 Å². The van der Waals surface area contributed by atoms with Gasteiger partial charge in [-0.05, 0) is 50.1 Å². The SMILES string of the molecule is CC(=O)c1cccc(NC(=O)CNc2c(C)cc(C)cc2Cl)c1.